The van der Waals surface area contributed by atoms with E-state index in [1.165, 1.54) is 22.5 Å². The summed E-state index contributed by atoms with van der Waals surface area (Å²) in [6, 6.07) is 8.80. The van der Waals surface area contributed by atoms with Gasteiger partial charge in [-0.1, -0.05) is 24.3 Å². The van der Waals surface area contributed by atoms with Crippen molar-refractivity contribution in [2.45, 2.75) is 39.4 Å². The number of benzene rings is 1. The molecule has 1 unspecified atom stereocenters. The second kappa shape index (κ2) is 4.94. The first-order valence-corrected chi connectivity index (χ1v) is 7.16. The van der Waals surface area contributed by atoms with Crippen LogP contribution < -0.4 is 10.6 Å². The van der Waals surface area contributed by atoms with E-state index in [4.69, 9.17) is 5.73 Å². The summed E-state index contributed by atoms with van der Waals surface area (Å²) in [5, 5.41) is 4.59. The second-order valence-electron chi connectivity index (χ2n) is 5.82. The molecule has 0 radical (unpaired) electrons. The molecular formula is C16H22N4. The molecule has 0 saturated heterocycles. The molecule has 0 spiro atoms. The van der Waals surface area contributed by atoms with E-state index >= 15 is 0 Å². The maximum atomic E-state index is 6.00. The van der Waals surface area contributed by atoms with E-state index in [0.717, 1.165) is 25.2 Å². The highest BCUT2D eigenvalue weighted by molar-refractivity contribution is 5.54. The Labute approximate surface area is 120 Å². The average Bonchev–Trinajstić information content (AvgIpc) is 2.90. The molecule has 2 heterocycles. The monoisotopic (exact) mass is 270 g/mol. The summed E-state index contributed by atoms with van der Waals surface area (Å²) in [5.41, 5.74) is 11.2. The predicted octanol–water partition coefficient (Wildman–Crippen LogP) is 2.14. The minimum Gasteiger partial charge on any atom is -0.348 e. The highest BCUT2D eigenvalue weighted by Gasteiger charge is 2.25. The number of aryl methyl sites for hydroxylation is 2. The largest absolute Gasteiger partial charge is 0.348 e. The van der Waals surface area contributed by atoms with E-state index in [9.17, 15) is 0 Å². The number of hydrogen-bond donors (Lipinski definition) is 1. The number of nitrogens with two attached hydrogens (primary N) is 1. The Balaban J connectivity index is 1.96. The fourth-order valence-corrected chi connectivity index (χ4v) is 3.13. The Hall–Kier alpha value is -1.81. The van der Waals surface area contributed by atoms with Crippen molar-refractivity contribution in [2.75, 3.05) is 4.90 Å². The van der Waals surface area contributed by atoms with Crippen LogP contribution in [0.15, 0.2) is 24.3 Å². The summed E-state index contributed by atoms with van der Waals surface area (Å²) in [6.07, 6.45) is 0.877. The summed E-state index contributed by atoms with van der Waals surface area (Å²) in [7, 11) is 2.02. The van der Waals surface area contributed by atoms with E-state index in [2.05, 4.69) is 48.1 Å². The molecule has 4 nitrogen and oxygen atoms in total. The second-order valence-corrected chi connectivity index (χ2v) is 5.82. The number of rotatable bonds is 3. The molecule has 0 fully saturated rings. The molecule has 0 amide bonds. The van der Waals surface area contributed by atoms with Crippen molar-refractivity contribution < 1.29 is 0 Å². The third kappa shape index (κ3) is 2.20. The Morgan fingerprint density at radius 3 is 2.40 bits per heavy atom. The van der Waals surface area contributed by atoms with E-state index in [1.807, 2.05) is 11.7 Å². The van der Waals surface area contributed by atoms with E-state index in [1.54, 1.807) is 0 Å². The SMILES string of the molecule is Cc1nn(C)c(N2Cc3ccccc3C2)c1CC(C)N. The lowest BCUT2D eigenvalue weighted by Crippen LogP contribution is -2.23. The van der Waals surface area contributed by atoms with Crippen molar-refractivity contribution in [3.63, 3.8) is 0 Å². The van der Waals surface area contributed by atoms with Crippen LogP contribution in [0.5, 0.6) is 0 Å². The summed E-state index contributed by atoms with van der Waals surface area (Å²) in [6.45, 7) is 6.04. The van der Waals surface area contributed by atoms with Gasteiger partial charge in [-0.05, 0) is 31.4 Å². The lowest BCUT2D eigenvalue weighted by atomic mass is 10.1. The zero-order chi connectivity index (χ0) is 14.3. The Morgan fingerprint density at radius 1 is 1.25 bits per heavy atom. The lowest BCUT2D eigenvalue weighted by Gasteiger charge is -2.20. The van der Waals surface area contributed by atoms with Crippen molar-refractivity contribution in [1.82, 2.24) is 9.78 Å². The molecule has 1 atom stereocenters. The van der Waals surface area contributed by atoms with Crippen LogP contribution in [0.25, 0.3) is 0 Å². The molecule has 0 bridgehead atoms. The summed E-state index contributed by atoms with van der Waals surface area (Å²) in [4.78, 5) is 2.41. The van der Waals surface area contributed by atoms with Gasteiger partial charge < -0.3 is 10.6 Å². The molecule has 0 aliphatic carbocycles. The van der Waals surface area contributed by atoms with Crippen LogP contribution >= 0.6 is 0 Å². The minimum atomic E-state index is 0.154. The predicted molar refractivity (Wildman–Crippen MR) is 81.6 cm³/mol. The highest BCUT2D eigenvalue weighted by Crippen LogP contribution is 2.32. The molecule has 20 heavy (non-hydrogen) atoms. The molecule has 106 valence electrons. The highest BCUT2D eigenvalue weighted by atomic mass is 15.4. The van der Waals surface area contributed by atoms with Gasteiger partial charge in [0.2, 0.25) is 0 Å². The maximum Gasteiger partial charge on any atom is 0.130 e. The molecule has 1 aliphatic rings. The van der Waals surface area contributed by atoms with Gasteiger partial charge in [0.1, 0.15) is 5.82 Å². The molecule has 1 aliphatic heterocycles. The van der Waals surface area contributed by atoms with Crippen LogP contribution in [0.4, 0.5) is 5.82 Å². The van der Waals surface area contributed by atoms with Crippen LogP contribution in [0.1, 0.15) is 29.3 Å². The van der Waals surface area contributed by atoms with Crippen molar-refractivity contribution in [1.29, 1.82) is 0 Å². The Bertz CT molecular complexity index is 602. The van der Waals surface area contributed by atoms with Crippen molar-refractivity contribution in [2.24, 2.45) is 12.8 Å². The molecule has 4 heteroatoms. The number of hydrogen-bond acceptors (Lipinski definition) is 3. The molecule has 3 rings (SSSR count). The van der Waals surface area contributed by atoms with Gasteiger partial charge in [-0.3, -0.25) is 4.68 Å². The first-order valence-electron chi connectivity index (χ1n) is 7.16. The summed E-state index contributed by atoms with van der Waals surface area (Å²) in [5.74, 6) is 1.22. The third-order valence-electron chi connectivity index (χ3n) is 3.98. The van der Waals surface area contributed by atoms with Gasteiger partial charge >= 0.3 is 0 Å². The maximum absolute atomic E-state index is 6.00. The zero-order valence-corrected chi connectivity index (χ0v) is 12.4. The van der Waals surface area contributed by atoms with Crippen LogP contribution in [0, 0.1) is 6.92 Å². The van der Waals surface area contributed by atoms with Gasteiger partial charge in [-0.15, -0.1) is 0 Å². The summed E-state index contributed by atoms with van der Waals surface area (Å²) < 4.78 is 2.00. The van der Waals surface area contributed by atoms with Gasteiger partial charge in [0.25, 0.3) is 0 Å². The quantitative estimate of drug-likeness (QED) is 0.929. The van der Waals surface area contributed by atoms with Gasteiger partial charge in [-0.25, -0.2) is 0 Å². The van der Waals surface area contributed by atoms with E-state index < -0.39 is 0 Å². The molecule has 1 aromatic heterocycles. The van der Waals surface area contributed by atoms with Crippen molar-refractivity contribution in [3.05, 3.63) is 46.6 Å². The first-order chi connectivity index (χ1) is 9.56. The van der Waals surface area contributed by atoms with Crippen molar-refractivity contribution in [3.8, 4) is 0 Å². The molecule has 0 saturated carbocycles. The lowest BCUT2D eigenvalue weighted by molar-refractivity contribution is 0.704. The fraction of sp³-hybridized carbons (Fsp3) is 0.438. The standard InChI is InChI=1S/C16H22N4/c1-11(17)8-15-12(2)18-19(3)16(15)20-9-13-6-4-5-7-14(13)10-20/h4-7,11H,8-10,17H2,1-3H3. The third-order valence-corrected chi connectivity index (χ3v) is 3.98. The number of fused-ring (bicyclic) bond motifs is 1. The van der Waals surface area contributed by atoms with Crippen LogP contribution in [0.2, 0.25) is 0 Å². The normalized spacial score (nSPS) is 15.5. The van der Waals surface area contributed by atoms with Crippen LogP contribution in [0.3, 0.4) is 0 Å². The molecule has 2 N–H and O–H groups in total. The number of anilines is 1. The molecule has 1 aromatic carbocycles. The fourth-order valence-electron chi connectivity index (χ4n) is 3.13. The van der Waals surface area contributed by atoms with E-state index in [-0.39, 0.29) is 6.04 Å². The van der Waals surface area contributed by atoms with E-state index in [0.29, 0.717) is 0 Å². The van der Waals surface area contributed by atoms with Gasteiger partial charge in [0.05, 0.1) is 5.69 Å². The number of aromatic nitrogens is 2. The van der Waals surface area contributed by atoms with Gasteiger partial charge in [0, 0.05) is 31.7 Å². The Morgan fingerprint density at radius 2 is 1.85 bits per heavy atom. The zero-order valence-electron chi connectivity index (χ0n) is 12.4. The van der Waals surface area contributed by atoms with Crippen LogP contribution in [-0.2, 0) is 26.6 Å². The van der Waals surface area contributed by atoms with Crippen LogP contribution in [-0.4, -0.2) is 15.8 Å². The summed E-state index contributed by atoms with van der Waals surface area (Å²) >= 11 is 0. The molecular weight excluding hydrogens is 248 g/mol. The topological polar surface area (TPSA) is 47.1 Å². The smallest absolute Gasteiger partial charge is 0.130 e. The average molecular weight is 270 g/mol. The van der Waals surface area contributed by atoms with Gasteiger partial charge in [-0.2, -0.15) is 5.10 Å². The van der Waals surface area contributed by atoms with Gasteiger partial charge in [0.15, 0.2) is 0 Å². The number of nitrogens with zero attached hydrogens (tertiary/aromatic N) is 3. The molecule has 2 aromatic rings. The first kappa shape index (κ1) is 13.2. The minimum absolute atomic E-state index is 0.154. The Kier molecular flexibility index (Phi) is 3.26. The van der Waals surface area contributed by atoms with Crippen molar-refractivity contribution >= 4 is 5.82 Å².